The Balaban J connectivity index is 1.53. The van der Waals surface area contributed by atoms with Gasteiger partial charge in [0, 0.05) is 32.0 Å². The van der Waals surface area contributed by atoms with Crippen LogP contribution in [0.3, 0.4) is 0 Å². The molecule has 2 aliphatic heterocycles. The summed E-state index contributed by atoms with van der Waals surface area (Å²) in [5, 5.41) is 0. The van der Waals surface area contributed by atoms with E-state index in [0.717, 1.165) is 57.0 Å². The van der Waals surface area contributed by atoms with Gasteiger partial charge in [-0.3, -0.25) is 4.90 Å². The van der Waals surface area contributed by atoms with E-state index in [1.807, 2.05) is 0 Å². The molecule has 0 aromatic heterocycles. The first kappa shape index (κ1) is 12.9. The highest BCUT2D eigenvalue weighted by Gasteiger charge is 2.41. The summed E-state index contributed by atoms with van der Waals surface area (Å²) in [5.74, 6) is 1.60. The zero-order valence-electron chi connectivity index (χ0n) is 11.9. The van der Waals surface area contributed by atoms with Crippen LogP contribution in [0.5, 0.6) is 0 Å². The van der Waals surface area contributed by atoms with Crippen LogP contribution < -0.4 is 0 Å². The van der Waals surface area contributed by atoms with Gasteiger partial charge >= 0.3 is 0 Å². The topological polar surface area (TPSA) is 21.7 Å². The molecule has 0 amide bonds. The second kappa shape index (κ2) is 5.10. The van der Waals surface area contributed by atoms with Crippen LogP contribution in [-0.4, -0.2) is 43.0 Å². The van der Waals surface area contributed by atoms with E-state index in [0.29, 0.717) is 0 Å². The van der Waals surface area contributed by atoms with Crippen molar-refractivity contribution in [2.75, 3.05) is 26.3 Å². The lowest BCUT2D eigenvalue weighted by atomic mass is 9.78. The molecule has 0 N–H and O–H groups in total. The first-order valence-electron chi connectivity index (χ1n) is 7.70. The van der Waals surface area contributed by atoms with Crippen molar-refractivity contribution in [1.29, 1.82) is 0 Å². The minimum atomic E-state index is -0.204. The Bertz CT molecular complexity index is 278. The summed E-state index contributed by atoms with van der Waals surface area (Å²) in [5.41, 5.74) is 0. The van der Waals surface area contributed by atoms with E-state index < -0.39 is 0 Å². The molecule has 3 fully saturated rings. The average Bonchev–Trinajstić information content (AvgIpc) is 2.82. The van der Waals surface area contributed by atoms with Gasteiger partial charge < -0.3 is 9.47 Å². The number of hydrogen-bond acceptors (Lipinski definition) is 3. The van der Waals surface area contributed by atoms with E-state index in [1.54, 1.807) is 0 Å². The molecule has 1 aliphatic carbocycles. The maximum Gasteiger partial charge on any atom is 0.170 e. The Hall–Kier alpha value is -0.120. The van der Waals surface area contributed by atoms with E-state index in [-0.39, 0.29) is 5.79 Å². The Kier molecular flexibility index (Phi) is 3.65. The molecule has 0 bridgehead atoms. The summed E-state index contributed by atoms with van der Waals surface area (Å²) in [7, 11) is 0. The van der Waals surface area contributed by atoms with Crippen LogP contribution in [0.15, 0.2) is 0 Å². The fourth-order valence-electron chi connectivity index (χ4n) is 3.87. The van der Waals surface area contributed by atoms with Crippen molar-refractivity contribution in [1.82, 2.24) is 4.90 Å². The van der Waals surface area contributed by atoms with Crippen LogP contribution in [0.4, 0.5) is 0 Å². The van der Waals surface area contributed by atoms with E-state index in [1.165, 1.54) is 19.3 Å². The van der Waals surface area contributed by atoms with Crippen LogP contribution in [0.25, 0.3) is 0 Å². The van der Waals surface area contributed by atoms with E-state index in [4.69, 9.17) is 9.47 Å². The predicted molar refractivity (Wildman–Crippen MR) is 71.4 cm³/mol. The molecule has 1 saturated carbocycles. The third-order valence-electron chi connectivity index (χ3n) is 5.46. The van der Waals surface area contributed by atoms with Gasteiger partial charge in [0.25, 0.3) is 0 Å². The van der Waals surface area contributed by atoms with Gasteiger partial charge in [-0.05, 0) is 31.1 Å². The largest absolute Gasteiger partial charge is 0.347 e. The van der Waals surface area contributed by atoms with Gasteiger partial charge in [0.1, 0.15) is 0 Å². The molecule has 3 atom stereocenters. The SMILES string of the molecule is CC1CCC(N2CCC3(CC2)OCCO3)CC1C. The Morgan fingerprint density at radius 3 is 2.22 bits per heavy atom. The summed E-state index contributed by atoms with van der Waals surface area (Å²) in [6, 6.07) is 0.815. The van der Waals surface area contributed by atoms with Gasteiger partial charge in [0.05, 0.1) is 13.2 Å². The van der Waals surface area contributed by atoms with Crippen LogP contribution in [0.2, 0.25) is 0 Å². The van der Waals surface area contributed by atoms with Crippen molar-refractivity contribution in [3.8, 4) is 0 Å². The van der Waals surface area contributed by atoms with Gasteiger partial charge in [-0.2, -0.15) is 0 Å². The number of piperidine rings is 1. The predicted octanol–water partition coefficient (Wildman–Crippen LogP) is 2.65. The fourth-order valence-corrected chi connectivity index (χ4v) is 3.87. The number of ether oxygens (including phenoxy) is 2. The standard InChI is InChI=1S/C15H27NO2/c1-12-3-4-14(11-13(12)2)16-7-5-15(6-8-16)17-9-10-18-15/h12-14H,3-11H2,1-2H3. The van der Waals surface area contributed by atoms with Crippen LogP contribution in [-0.2, 0) is 9.47 Å². The van der Waals surface area contributed by atoms with Crippen LogP contribution >= 0.6 is 0 Å². The maximum absolute atomic E-state index is 5.81. The fraction of sp³-hybridized carbons (Fsp3) is 1.00. The Morgan fingerprint density at radius 2 is 1.61 bits per heavy atom. The Morgan fingerprint density at radius 1 is 0.944 bits per heavy atom. The number of rotatable bonds is 1. The quantitative estimate of drug-likeness (QED) is 0.717. The van der Waals surface area contributed by atoms with Gasteiger partial charge in [0.2, 0.25) is 0 Å². The number of nitrogens with zero attached hydrogens (tertiary/aromatic N) is 1. The van der Waals surface area contributed by atoms with E-state index in [2.05, 4.69) is 18.7 Å². The lowest BCUT2D eigenvalue weighted by Gasteiger charge is -2.44. The zero-order chi connectivity index (χ0) is 12.6. The zero-order valence-corrected chi connectivity index (χ0v) is 11.9. The number of likely N-dealkylation sites (tertiary alicyclic amines) is 1. The van der Waals surface area contributed by atoms with Crippen molar-refractivity contribution in [2.24, 2.45) is 11.8 Å². The summed E-state index contributed by atoms with van der Waals surface area (Å²) < 4.78 is 11.6. The molecule has 3 heteroatoms. The van der Waals surface area contributed by atoms with Crippen molar-refractivity contribution in [3.63, 3.8) is 0 Å². The molecule has 3 rings (SSSR count). The average molecular weight is 253 g/mol. The maximum atomic E-state index is 5.81. The molecule has 1 spiro atoms. The van der Waals surface area contributed by atoms with Crippen molar-refractivity contribution >= 4 is 0 Å². The lowest BCUT2D eigenvalue weighted by Crippen LogP contribution is -2.50. The first-order chi connectivity index (χ1) is 8.69. The molecular formula is C15H27NO2. The molecular weight excluding hydrogens is 226 g/mol. The summed E-state index contributed by atoms with van der Waals surface area (Å²) >= 11 is 0. The minimum Gasteiger partial charge on any atom is -0.347 e. The third kappa shape index (κ3) is 2.45. The molecule has 104 valence electrons. The highest BCUT2D eigenvalue weighted by Crippen LogP contribution is 2.36. The third-order valence-corrected chi connectivity index (χ3v) is 5.46. The summed E-state index contributed by atoms with van der Waals surface area (Å²) in [6.45, 7) is 8.73. The van der Waals surface area contributed by atoms with Crippen molar-refractivity contribution in [2.45, 2.75) is 57.8 Å². The molecule has 0 aromatic carbocycles. The van der Waals surface area contributed by atoms with Gasteiger partial charge in [-0.15, -0.1) is 0 Å². The second-order valence-corrected chi connectivity index (χ2v) is 6.57. The molecule has 2 heterocycles. The molecule has 3 aliphatic rings. The van der Waals surface area contributed by atoms with Gasteiger partial charge in [0.15, 0.2) is 5.79 Å². The highest BCUT2D eigenvalue weighted by atomic mass is 16.7. The first-order valence-corrected chi connectivity index (χ1v) is 7.70. The Labute approximate surface area is 111 Å². The smallest absolute Gasteiger partial charge is 0.170 e. The van der Waals surface area contributed by atoms with Gasteiger partial charge in [-0.1, -0.05) is 13.8 Å². The highest BCUT2D eigenvalue weighted by molar-refractivity contribution is 4.88. The van der Waals surface area contributed by atoms with Gasteiger partial charge in [-0.25, -0.2) is 0 Å². The minimum absolute atomic E-state index is 0.204. The number of hydrogen-bond donors (Lipinski definition) is 0. The van der Waals surface area contributed by atoms with E-state index in [9.17, 15) is 0 Å². The van der Waals surface area contributed by atoms with Crippen molar-refractivity contribution < 1.29 is 9.47 Å². The molecule has 0 aromatic rings. The molecule has 3 unspecified atom stereocenters. The summed E-state index contributed by atoms with van der Waals surface area (Å²) in [6.07, 6.45) is 6.30. The van der Waals surface area contributed by atoms with Crippen molar-refractivity contribution in [3.05, 3.63) is 0 Å². The lowest BCUT2D eigenvalue weighted by molar-refractivity contribution is -0.189. The molecule has 3 nitrogen and oxygen atoms in total. The molecule has 18 heavy (non-hydrogen) atoms. The van der Waals surface area contributed by atoms with E-state index >= 15 is 0 Å². The van der Waals surface area contributed by atoms with Crippen LogP contribution in [0, 0.1) is 11.8 Å². The molecule has 0 radical (unpaired) electrons. The normalized spacial score (nSPS) is 41.3. The molecule has 2 saturated heterocycles. The summed E-state index contributed by atoms with van der Waals surface area (Å²) in [4.78, 5) is 2.69. The van der Waals surface area contributed by atoms with Crippen LogP contribution in [0.1, 0.15) is 46.0 Å². The monoisotopic (exact) mass is 253 g/mol. The second-order valence-electron chi connectivity index (χ2n) is 6.57.